The summed E-state index contributed by atoms with van der Waals surface area (Å²) in [7, 11) is 1.94. The van der Waals surface area contributed by atoms with Gasteiger partial charge in [-0.3, -0.25) is 4.79 Å². The highest BCUT2D eigenvalue weighted by Gasteiger charge is 2.23. The predicted octanol–water partition coefficient (Wildman–Crippen LogP) is 1.72. The minimum absolute atomic E-state index is 0.274. The molecule has 1 fully saturated rings. The topological polar surface area (TPSA) is 47.4 Å². The number of aromatic nitrogens is 2. The van der Waals surface area contributed by atoms with Crippen LogP contribution in [0.2, 0.25) is 0 Å². The fourth-order valence-electron chi connectivity index (χ4n) is 3.39. The minimum atomic E-state index is 0.274. The van der Waals surface area contributed by atoms with Crippen LogP contribution in [0.4, 0.5) is 0 Å². The third-order valence-electron chi connectivity index (χ3n) is 4.80. The van der Waals surface area contributed by atoms with Gasteiger partial charge in [0.1, 0.15) is 5.82 Å². The van der Waals surface area contributed by atoms with Crippen LogP contribution in [0.1, 0.15) is 31.5 Å². The number of hydrogen-bond acceptors (Lipinski definition) is 3. The van der Waals surface area contributed by atoms with Crippen molar-refractivity contribution in [1.82, 2.24) is 14.5 Å². The average molecular weight is 291 g/mol. The van der Waals surface area contributed by atoms with Gasteiger partial charge in [-0.2, -0.15) is 0 Å². The van der Waals surface area contributed by atoms with E-state index in [4.69, 9.17) is 4.74 Å². The lowest BCUT2D eigenvalue weighted by Gasteiger charge is -2.28. The van der Waals surface area contributed by atoms with Gasteiger partial charge in [-0.15, -0.1) is 0 Å². The number of aryl methyl sites for hydroxylation is 1. The molecule has 5 nitrogen and oxygen atoms in total. The molecule has 1 saturated heterocycles. The molecule has 2 aliphatic rings. The van der Waals surface area contributed by atoms with Crippen LogP contribution in [0.5, 0.6) is 0 Å². The highest BCUT2D eigenvalue weighted by Crippen LogP contribution is 2.21. The molecule has 0 saturated carbocycles. The van der Waals surface area contributed by atoms with Gasteiger partial charge >= 0.3 is 0 Å². The summed E-state index contributed by atoms with van der Waals surface area (Å²) in [6.07, 6.45) is 8.78. The molecule has 2 atom stereocenters. The summed E-state index contributed by atoms with van der Waals surface area (Å²) in [5.41, 5.74) is 0. The van der Waals surface area contributed by atoms with E-state index in [2.05, 4.69) is 9.55 Å². The molecule has 0 radical (unpaired) electrons. The molecule has 3 heterocycles. The quantitative estimate of drug-likeness (QED) is 0.830. The standard InChI is InChI=1S/C16H25N3O2/c1-18(16(20)3-2-13-5-9-21-12-13)11-14-4-7-19-8-6-17-15(19)10-14/h6,8,13-14H,2-5,7,9-12H2,1H3/t13-,14-/m1/s1. The molecule has 1 aromatic rings. The molecule has 2 aliphatic heterocycles. The van der Waals surface area contributed by atoms with E-state index < -0.39 is 0 Å². The Hall–Kier alpha value is -1.36. The van der Waals surface area contributed by atoms with Crippen LogP contribution >= 0.6 is 0 Å². The summed E-state index contributed by atoms with van der Waals surface area (Å²) < 4.78 is 7.58. The Morgan fingerprint density at radius 3 is 3.19 bits per heavy atom. The molecule has 21 heavy (non-hydrogen) atoms. The van der Waals surface area contributed by atoms with E-state index in [1.54, 1.807) is 0 Å². The second-order valence-corrected chi connectivity index (χ2v) is 6.44. The van der Waals surface area contributed by atoms with E-state index in [9.17, 15) is 4.79 Å². The van der Waals surface area contributed by atoms with Crippen LogP contribution in [0, 0.1) is 11.8 Å². The first-order chi connectivity index (χ1) is 10.2. The Morgan fingerprint density at radius 2 is 2.38 bits per heavy atom. The number of carbonyl (C=O) groups excluding carboxylic acids is 1. The first-order valence-electron chi connectivity index (χ1n) is 8.04. The maximum atomic E-state index is 12.2. The van der Waals surface area contributed by atoms with Crippen molar-refractivity contribution in [2.75, 3.05) is 26.8 Å². The SMILES string of the molecule is CN(C[C@@H]1CCn2ccnc2C1)C(=O)CC[C@@H]1CCOC1. The maximum absolute atomic E-state index is 12.2. The first-order valence-corrected chi connectivity index (χ1v) is 8.04. The van der Waals surface area contributed by atoms with Gasteiger partial charge in [-0.25, -0.2) is 4.98 Å². The van der Waals surface area contributed by atoms with Gasteiger partial charge < -0.3 is 14.2 Å². The highest BCUT2D eigenvalue weighted by molar-refractivity contribution is 5.75. The zero-order valence-corrected chi connectivity index (χ0v) is 12.8. The van der Waals surface area contributed by atoms with Gasteiger partial charge in [0, 0.05) is 58.6 Å². The second-order valence-electron chi connectivity index (χ2n) is 6.44. The van der Waals surface area contributed by atoms with Gasteiger partial charge in [0.25, 0.3) is 0 Å². The van der Waals surface area contributed by atoms with Crippen molar-refractivity contribution < 1.29 is 9.53 Å². The largest absolute Gasteiger partial charge is 0.381 e. The lowest BCUT2D eigenvalue weighted by atomic mass is 9.97. The smallest absolute Gasteiger partial charge is 0.222 e. The highest BCUT2D eigenvalue weighted by atomic mass is 16.5. The molecule has 0 aromatic carbocycles. The third-order valence-corrected chi connectivity index (χ3v) is 4.80. The fraction of sp³-hybridized carbons (Fsp3) is 0.750. The van der Waals surface area contributed by atoms with E-state index in [1.807, 2.05) is 24.3 Å². The number of nitrogens with zero attached hydrogens (tertiary/aromatic N) is 3. The van der Waals surface area contributed by atoms with E-state index in [-0.39, 0.29) is 5.91 Å². The summed E-state index contributed by atoms with van der Waals surface area (Å²) in [6.45, 7) is 3.58. The van der Waals surface area contributed by atoms with Crippen molar-refractivity contribution in [3.63, 3.8) is 0 Å². The van der Waals surface area contributed by atoms with Crippen molar-refractivity contribution in [3.8, 4) is 0 Å². The van der Waals surface area contributed by atoms with Crippen LogP contribution < -0.4 is 0 Å². The Balaban J connectivity index is 1.43. The van der Waals surface area contributed by atoms with Crippen LogP contribution in [-0.2, 0) is 22.5 Å². The molecule has 0 unspecified atom stereocenters. The summed E-state index contributed by atoms with van der Waals surface area (Å²) in [5.74, 6) is 2.57. The number of fused-ring (bicyclic) bond motifs is 1. The molecular formula is C16H25N3O2. The Bertz CT molecular complexity index is 480. The molecule has 116 valence electrons. The van der Waals surface area contributed by atoms with E-state index in [0.29, 0.717) is 18.3 Å². The molecule has 1 aromatic heterocycles. The number of imidazole rings is 1. The second kappa shape index (κ2) is 6.60. The lowest BCUT2D eigenvalue weighted by molar-refractivity contribution is -0.130. The fourth-order valence-corrected chi connectivity index (χ4v) is 3.39. The minimum Gasteiger partial charge on any atom is -0.381 e. The normalized spacial score (nSPS) is 24.8. The van der Waals surface area contributed by atoms with Crippen molar-refractivity contribution in [1.29, 1.82) is 0 Å². The van der Waals surface area contributed by atoms with Gasteiger partial charge in [0.15, 0.2) is 0 Å². The molecule has 5 heteroatoms. The monoisotopic (exact) mass is 291 g/mol. The summed E-state index contributed by atoms with van der Waals surface area (Å²) in [4.78, 5) is 18.5. The number of rotatable bonds is 5. The van der Waals surface area contributed by atoms with Gasteiger partial charge in [-0.1, -0.05) is 0 Å². The summed E-state index contributed by atoms with van der Waals surface area (Å²) >= 11 is 0. The van der Waals surface area contributed by atoms with E-state index in [0.717, 1.165) is 57.8 Å². The van der Waals surface area contributed by atoms with Gasteiger partial charge in [0.2, 0.25) is 5.91 Å². The Morgan fingerprint density at radius 1 is 1.48 bits per heavy atom. The Labute approximate surface area is 126 Å². The van der Waals surface area contributed by atoms with Crippen LogP contribution in [-0.4, -0.2) is 47.2 Å². The van der Waals surface area contributed by atoms with Gasteiger partial charge in [-0.05, 0) is 31.1 Å². The number of ether oxygens (including phenoxy) is 1. The zero-order valence-electron chi connectivity index (χ0n) is 12.8. The van der Waals surface area contributed by atoms with Crippen LogP contribution in [0.15, 0.2) is 12.4 Å². The molecule has 0 bridgehead atoms. The van der Waals surface area contributed by atoms with Crippen LogP contribution in [0.25, 0.3) is 0 Å². The van der Waals surface area contributed by atoms with Gasteiger partial charge in [0.05, 0.1) is 0 Å². The van der Waals surface area contributed by atoms with E-state index >= 15 is 0 Å². The van der Waals surface area contributed by atoms with Crippen molar-refractivity contribution in [2.45, 2.75) is 38.6 Å². The average Bonchev–Trinajstić information content (AvgIpc) is 3.15. The summed E-state index contributed by atoms with van der Waals surface area (Å²) in [5, 5.41) is 0. The number of hydrogen-bond donors (Lipinski definition) is 0. The first kappa shape index (κ1) is 14.6. The molecule has 0 spiro atoms. The number of amides is 1. The Kier molecular flexibility index (Phi) is 4.58. The van der Waals surface area contributed by atoms with Crippen molar-refractivity contribution in [2.24, 2.45) is 11.8 Å². The number of carbonyl (C=O) groups is 1. The van der Waals surface area contributed by atoms with Crippen molar-refractivity contribution >= 4 is 5.91 Å². The lowest BCUT2D eigenvalue weighted by Crippen LogP contribution is -2.35. The molecule has 1 amide bonds. The molecule has 0 aliphatic carbocycles. The van der Waals surface area contributed by atoms with E-state index in [1.165, 1.54) is 0 Å². The van der Waals surface area contributed by atoms with Crippen LogP contribution in [0.3, 0.4) is 0 Å². The predicted molar refractivity (Wildman–Crippen MR) is 79.8 cm³/mol. The molecule has 3 rings (SSSR count). The third kappa shape index (κ3) is 3.64. The zero-order chi connectivity index (χ0) is 14.7. The summed E-state index contributed by atoms with van der Waals surface area (Å²) in [6, 6.07) is 0. The molecular weight excluding hydrogens is 266 g/mol. The molecule has 0 N–H and O–H groups in total. The van der Waals surface area contributed by atoms with Crippen molar-refractivity contribution in [3.05, 3.63) is 18.2 Å². The maximum Gasteiger partial charge on any atom is 0.222 e.